The molecule has 1 fully saturated rings. The molecule has 2 rings (SSSR count). The summed E-state index contributed by atoms with van der Waals surface area (Å²) in [5.74, 6) is 1.64. The van der Waals surface area contributed by atoms with E-state index in [9.17, 15) is 0 Å². The van der Waals surface area contributed by atoms with Crippen molar-refractivity contribution in [2.45, 2.75) is 32.6 Å². The molecule has 0 amide bonds. The van der Waals surface area contributed by atoms with E-state index in [-0.39, 0.29) is 0 Å². The molecule has 2 N–H and O–H groups in total. The van der Waals surface area contributed by atoms with E-state index in [1.54, 1.807) is 0 Å². The molecule has 0 bridgehead atoms. The summed E-state index contributed by atoms with van der Waals surface area (Å²) < 4.78 is 5.90. The summed E-state index contributed by atoms with van der Waals surface area (Å²) in [6, 6.07) is 5.91. The highest BCUT2D eigenvalue weighted by atomic mass is 32.1. The van der Waals surface area contributed by atoms with E-state index in [0.29, 0.717) is 4.99 Å². The molecule has 0 saturated heterocycles. The molecule has 0 heterocycles. The van der Waals surface area contributed by atoms with E-state index < -0.39 is 0 Å². The molecule has 1 aromatic carbocycles. The monoisotopic (exact) mass is 249 g/mol. The highest BCUT2D eigenvalue weighted by Gasteiger charge is 2.16. The Morgan fingerprint density at radius 1 is 1.41 bits per heavy atom. The third kappa shape index (κ3) is 3.19. The summed E-state index contributed by atoms with van der Waals surface area (Å²) in [6.07, 6.45) is 5.29. The van der Waals surface area contributed by atoms with E-state index >= 15 is 0 Å². The zero-order valence-electron chi connectivity index (χ0n) is 10.2. The molecule has 1 aliphatic carbocycles. The van der Waals surface area contributed by atoms with Gasteiger partial charge in [0.1, 0.15) is 10.7 Å². The van der Waals surface area contributed by atoms with Crippen molar-refractivity contribution in [3.8, 4) is 5.75 Å². The van der Waals surface area contributed by atoms with E-state index in [1.165, 1.54) is 25.7 Å². The lowest BCUT2D eigenvalue weighted by Gasteiger charge is -2.14. The van der Waals surface area contributed by atoms with Gasteiger partial charge in [-0.2, -0.15) is 0 Å². The highest BCUT2D eigenvalue weighted by Crippen LogP contribution is 2.27. The van der Waals surface area contributed by atoms with Crippen molar-refractivity contribution in [1.82, 2.24) is 0 Å². The molecule has 92 valence electrons. The Labute approximate surface area is 108 Å². The van der Waals surface area contributed by atoms with Crippen LogP contribution in [0.2, 0.25) is 0 Å². The molecule has 1 aromatic rings. The van der Waals surface area contributed by atoms with Crippen LogP contribution in [0.4, 0.5) is 0 Å². The second-order valence-electron chi connectivity index (χ2n) is 4.81. The zero-order valence-corrected chi connectivity index (χ0v) is 11.1. The number of aryl methyl sites for hydroxylation is 1. The first-order valence-corrected chi connectivity index (χ1v) is 6.61. The van der Waals surface area contributed by atoms with Crippen LogP contribution in [0.1, 0.15) is 36.8 Å². The quantitative estimate of drug-likeness (QED) is 0.832. The van der Waals surface area contributed by atoms with Gasteiger partial charge >= 0.3 is 0 Å². The molecular formula is C14H19NOS. The van der Waals surface area contributed by atoms with Crippen molar-refractivity contribution >= 4 is 17.2 Å². The van der Waals surface area contributed by atoms with Crippen molar-refractivity contribution < 1.29 is 4.74 Å². The van der Waals surface area contributed by atoms with Gasteiger partial charge < -0.3 is 10.5 Å². The minimum Gasteiger partial charge on any atom is -0.493 e. The van der Waals surface area contributed by atoms with Crippen LogP contribution >= 0.6 is 12.2 Å². The van der Waals surface area contributed by atoms with Gasteiger partial charge in [0.25, 0.3) is 0 Å². The van der Waals surface area contributed by atoms with Gasteiger partial charge in [-0.05, 0) is 37.3 Å². The largest absolute Gasteiger partial charge is 0.493 e. The lowest BCUT2D eigenvalue weighted by atomic mass is 10.1. The average Bonchev–Trinajstić information content (AvgIpc) is 2.80. The summed E-state index contributed by atoms with van der Waals surface area (Å²) in [5, 5.41) is 0. The summed E-state index contributed by atoms with van der Waals surface area (Å²) >= 11 is 4.98. The van der Waals surface area contributed by atoms with Gasteiger partial charge in [0.15, 0.2) is 0 Å². The van der Waals surface area contributed by atoms with Gasteiger partial charge in [0.2, 0.25) is 0 Å². The fourth-order valence-corrected chi connectivity index (χ4v) is 2.42. The molecule has 17 heavy (non-hydrogen) atoms. The SMILES string of the molecule is Cc1ccc(C(N)=S)cc1OCC1CCCC1. The average molecular weight is 249 g/mol. The first-order chi connectivity index (χ1) is 8.16. The maximum Gasteiger partial charge on any atom is 0.122 e. The highest BCUT2D eigenvalue weighted by molar-refractivity contribution is 7.80. The molecule has 0 radical (unpaired) electrons. The second-order valence-corrected chi connectivity index (χ2v) is 5.25. The van der Waals surface area contributed by atoms with Crippen LogP contribution in [-0.2, 0) is 0 Å². The molecule has 2 nitrogen and oxygen atoms in total. The number of rotatable bonds is 4. The lowest BCUT2D eigenvalue weighted by molar-refractivity contribution is 0.250. The molecule has 0 atom stereocenters. The number of nitrogens with two attached hydrogens (primary N) is 1. The van der Waals surface area contributed by atoms with Crippen LogP contribution in [0.15, 0.2) is 18.2 Å². The fraction of sp³-hybridized carbons (Fsp3) is 0.500. The molecule has 3 heteroatoms. The Kier molecular flexibility index (Phi) is 4.00. The molecule has 1 aliphatic rings. The molecule has 1 saturated carbocycles. The van der Waals surface area contributed by atoms with Crippen LogP contribution in [0.3, 0.4) is 0 Å². The first-order valence-electron chi connectivity index (χ1n) is 6.20. The lowest BCUT2D eigenvalue weighted by Crippen LogP contribution is -2.12. The predicted molar refractivity (Wildman–Crippen MR) is 74.5 cm³/mol. The maximum absolute atomic E-state index is 5.90. The minimum absolute atomic E-state index is 0.427. The van der Waals surface area contributed by atoms with Gasteiger partial charge in [-0.1, -0.05) is 37.2 Å². The van der Waals surface area contributed by atoms with Crippen LogP contribution in [0.25, 0.3) is 0 Å². The maximum atomic E-state index is 5.90. The standard InChI is InChI=1S/C14H19NOS/c1-10-6-7-12(14(15)17)8-13(10)16-9-11-4-2-3-5-11/h6-8,11H,2-5,9H2,1H3,(H2,15,17). The van der Waals surface area contributed by atoms with Gasteiger partial charge in [0, 0.05) is 5.56 Å². The molecule has 0 unspecified atom stereocenters. The predicted octanol–water partition coefficient (Wildman–Crippen LogP) is 3.20. The van der Waals surface area contributed by atoms with Crippen LogP contribution in [0, 0.1) is 12.8 Å². The van der Waals surface area contributed by atoms with Crippen molar-refractivity contribution in [3.63, 3.8) is 0 Å². The van der Waals surface area contributed by atoms with Crippen molar-refractivity contribution in [2.75, 3.05) is 6.61 Å². The van der Waals surface area contributed by atoms with Gasteiger partial charge in [-0.15, -0.1) is 0 Å². The minimum atomic E-state index is 0.427. The number of hydrogen-bond donors (Lipinski definition) is 1. The van der Waals surface area contributed by atoms with E-state index in [0.717, 1.165) is 29.4 Å². The summed E-state index contributed by atoms with van der Waals surface area (Å²) in [4.78, 5) is 0.427. The van der Waals surface area contributed by atoms with Crippen LogP contribution < -0.4 is 10.5 Å². The summed E-state index contributed by atoms with van der Waals surface area (Å²) in [6.45, 7) is 2.87. The van der Waals surface area contributed by atoms with E-state index in [4.69, 9.17) is 22.7 Å². The van der Waals surface area contributed by atoms with Crippen molar-refractivity contribution in [2.24, 2.45) is 11.7 Å². The Morgan fingerprint density at radius 3 is 2.76 bits per heavy atom. The first kappa shape index (κ1) is 12.4. The second kappa shape index (κ2) is 5.50. The van der Waals surface area contributed by atoms with Gasteiger partial charge in [-0.3, -0.25) is 0 Å². The number of benzene rings is 1. The third-order valence-corrected chi connectivity index (χ3v) is 3.66. The van der Waals surface area contributed by atoms with Crippen LogP contribution in [-0.4, -0.2) is 11.6 Å². The Bertz CT molecular complexity index is 411. The molecule has 0 aliphatic heterocycles. The number of thiocarbonyl (C=S) groups is 1. The van der Waals surface area contributed by atoms with Crippen molar-refractivity contribution in [3.05, 3.63) is 29.3 Å². The topological polar surface area (TPSA) is 35.2 Å². The number of ether oxygens (including phenoxy) is 1. The normalized spacial score (nSPS) is 16.1. The van der Waals surface area contributed by atoms with Crippen LogP contribution in [0.5, 0.6) is 5.75 Å². The fourth-order valence-electron chi connectivity index (χ4n) is 2.29. The van der Waals surface area contributed by atoms with Crippen molar-refractivity contribution in [1.29, 1.82) is 0 Å². The third-order valence-electron chi connectivity index (χ3n) is 3.42. The van der Waals surface area contributed by atoms with Gasteiger partial charge in [-0.25, -0.2) is 0 Å². The zero-order chi connectivity index (χ0) is 12.3. The Balaban J connectivity index is 2.03. The smallest absolute Gasteiger partial charge is 0.122 e. The Morgan fingerprint density at radius 2 is 2.12 bits per heavy atom. The van der Waals surface area contributed by atoms with E-state index in [1.807, 2.05) is 25.1 Å². The molecule has 0 spiro atoms. The number of hydrogen-bond acceptors (Lipinski definition) is 2. The summed E-state index contributed by atoms with van der Waals surface area (Å²) in [5.41, 5.74) is 7.65. The summed E-state index contributed by atoms with van der Waals surface area (Å²) in [7, 11) is 0. The van der Waals surface area contributed by atoms with E-state index in [2.05, 4.69) is 0 Å². The molecular weight excluding hydrogens is 230 g/mol. The molecule has 0 aromatic heterocycles. The van der Waals surface area contributed by atoms with Gasteiger partial charge in [0.05, 0.1) is 6.61 Å². The Hall–Kier alpha value is -1.09.